The molecule has 9 heteroatoms. The van der Waals surface area contributed by atoms with E-state index in [0.717, 1.165) is 5.03 Å². The highest BCUT2D eigenvalue weighted by atomic mass is 32.2. The lowest BCUT2D eigenvalue weighted by molar-refractivity contribution is -0.274. The topological polar surface area (TPSA) is 52.9 Å². The molecular weight excluding hydrogens is 357 g/mol. The highest BCUT2D eigenvalue weighted by molar-refractivity contribution is 7.98. The van der Waals surface area contributed by atoms with Gasteiger partial charge in [-0.25, -0.2) is 4.98 Å². The number of nitrogens with zero attached hydrogens (tertiary/aromatic N) is 2. The van der Waals surface area contributed by atoms with Crippen LogP contribution in [0.3, 0.4) is 0 Å². The highest BCUT2D eigenvalue weighted by Gasteiger charge is 2.31. The summed E-state index contributed by atoms with van der Waals surface area (Å²) in [6.45, 7) is 0. The summed E-state index contributed by atoms with van der Waals surface area (Å²) >= 11 is 1.52. The number of thioether (sulfide) groups is 1. The molecule has 132 valence electrons. The summed E-state index contributed by atoms with van der Waals surface area (Å²) in [5.41, 5.74) is 0.674. The number of ether oxygens (including phenoxy) is 2. The largest absolute Gasteiger partial charge is 0.573 e. The summed E-state index contributed by atoms with van der Waals surface area (Å²) in [6.07, 6.45) is -1.26. The first-order valence-electron chi connectivity index (χ1n) is 7.19. The number of hydrogen-bond acceptors (Lipinski definition) is 6. The van der Waals surface area contributed by atoms with E-state index in [1.165, 1.54) is 36.0 Å². The summed E-state index contributed by atoms with van der Waals surface area (Å²) in [5.74, 6) is 0.626. The van der Waals surface area contributed by atoms with Crippen LogP contribution in [-0.2, 0) is 4.84 Å². The predicted octanol–water partition coefficient (Wildman–Crippen LogP) is 4.56. The molecule has 3 rings (SSSR count). The van der Waals surface area contributed by atoms with Gasteiger partial charge in [-0.1, -0.05) is 17.3 Å². The number of pyridine rings is 1. The Morgan fingerprint density at radius 2 is 1.84 bits per heavy atom. The van der Waals surface area contributed by atoms with Crippen LogP contribution in [0.1, 0.15) is 18.1 Å². The molecule has 0 N–H and O–H groups in total. The quantitative estimate of drug-likeness (QED) is 0.739. The standard InChI is InChI=1S/C16H13F3N2O3S/c1-25-15-7-6-12(9-20-15)22-14-8-13(24-21-14)10-2-4-11(5-3-10)23-16(17,18)19/h2-7,9,13H,8H2,1H3. The molecule has 1 aromatic carbocycles. The lowest BCUT2D eigenvalue weighted by Gasteiger charge is -2.11. The van der Waals surface area contributed by atoms with Gasteiger partial charge in [0.25, 0.3) is 0 Å². The van der Waals surface area contributed by atoms with Gasteiger partial charge in [-0.2, -0.15) is 0 Å². The lowest BCUT2D eigenvalue weighted by atomic mass is 10.1. The van der Waals surface area contributed by atoms with Crippen molar-refractivity contribution >= 4 is 17.7 Å². The van der Waals surface area contributed by atoms with E-state index in [-0.39, 0.29) is 5.75 Å². The van der Waals surface area contributed by atoms with Gasteiger partial charge >= 0.3 is 6.36 Å². The van der Waals surface area contributed by atoms with E-state index in [1.54, 1.807) is 12.3 Å². The summed E-state index contributed by atoms with van der Waals surface area (Å²) in [7, 11) is 0. The van der Waals surface area contributed by atoms with Crippen LogP contribution in [0.5, 0.6) is 11.5 Å². The van der Waals surface area contributed by atoms with Gasteiger partial charge in [0.15, 0.2) is 6.10 Å². The third kappa shape index (κ3) is 4.79. The maximum Gasteiger partial charge on any atom is 0.573 e. The number of alkyl halides is 3. The van der Waals surface area contributed by atoms with E-state index in [2.05, 4.69) is 14.9 Å². The molecule has 0 fully saturated rings. The molecule has 5 nitrogen and oxygen atoms in total. The van der Waals surface area contributed by atoms with Gasteiger partial charge in [0.05, 0.1) is 17.6 Å². The average Bonchev–Trinajstić information content (AvgIpc) is 3.03. The monoisotopic (exact) mass is 370 g/mol. The molecule has 1 aromatic heterocycles. The SMILES string of the molecule is CSc1ccc(OC2=NOC(c3ccc(OC(F)(F)F)cc3)C2)cn1. The van der Waals surface area contributed by atoms with Crippen LogP contribution >= 0.6 is 11.8 Å². The Bertz CT molecular complexity index is 749. The number of oxime groups is 1. The minimum absolute atomic E-state index is 0.286. The van der Waals surface area contributed by atoms with E-state index in [1.807, 2.05) is 12.3 Å². The molecule has 25 heavy (non-hydrogen) atoms. The Balaban J connectivity index is 1.58. The van der Waals surface area contributed by atoms with E-state index in [4.69, 9.17) is 9.57 Å². The smallest absolute Gasteiger partial charge is 0.438 e. The molecule has 1 atom stereocenters. The summed E-state index contributed by atoms with van der Waals surface area (Å²) < 4.78 is 45.9. The first kappa shape index (κ1) is 17.4. The van der Waals surface area contributed by atoms with Gasteiger partial charge in [-0.3, -0.25) is 0 Å². The van der Waals surface area contributed by atoms with E-state index < -0.39 is 12.5 Å². The van der Waals surface area contributed by atoms with Crippen molar-refractivity contribution in [1.82, 2.24) is 4.98 Å². The molecule has 0 bridgehead atoms. The highest BCUT2D eigenvalue weighted by Crippen LogP contribution is 2.30. The van der Waals surface area contributed by atoms with Crippen LogP contribution in [0, 0.1) is 0 Å². The number of rotatable bonds is 4. The minimum Gasteiger partial charge on any atom is -0.438 e. The molecule has 2 heterocycles. The van der Waals surface area contributed by atoms with E-state index >= 15 is 0 Å². The van der Waals surface area contributed by atoms with Crippen molar-refractivity contribution in [3.8, 4) is 11.5 Å². The lowest BCUT2D eigenvalue weighted by Crippen LogP contribution is -2.17. The van der Waals surface area contributed by atoms with Crippen LogP contribution in [0.15, 0.2) is 52.8 Å². The van der Waals surface area contributed by atoms with Crippen molar-refractivity contribution in [1.29, 1.82) is 0 Å². The van der Waals surface area contributed by atoms with Crippen LogP contribution in [-0.4, -0.2) is 23.5 Å². The molecule has 0 aliphatic carbocycles. The molecule has 0 radical (unpaired) electrons. The third-order valence-electron chi connectivity index (χ3n) is 3.28. The van der Waals surface area contributed by atoms with Crippen molar-refractivity contribution in [2.45, 2.75) is 23.9 Å². The van der Waals surface area contributed by atoms with Gasteiger partial charge < -0.3 is 14.3 Å². The van der Waals surface area contributed by atoms with Crippen molar-refractivity contribution in [2.24, 2.45) is 5.16 Å². The zero-order chi connectivity index (χ0) is 17.9. The molecule has 0 amide bonds. The first-order chi connectivity index (χ1) is 11.9. The fraction of sp³-hybridized carbons (Fsp3) is 0.250. The fourth-order valence-corrected chi connectivity index (χ4v) is 2.52. The molecule has 1 unspecified atom stereocenters. The zero-order valence-electron chi connectivity index (χ0n) is 13.0. The summed E-state index contributed by atoms with van der Waals surface area (Å²) in [6, 6.07) is 9.06. The Hall–Kier alpha value is -2.42. The Kier molecular flexibility index (Phi) is 5.03. The summed E-state index contributed by atoms with van der Waals surface area (Å²) in [4.78, 5) is 9.48. The second-order valence-electron chi connectivity index (χ2n) is 5.04. The number of halogens is 3. The molecule has 1 aliphatic heterocycles. The molecule has 0 spiro atoms. The van der Waals surface area contributed by atoms with Crippen LogP contribution in [0.2, 0.25) is 0 Å². The van der Waals surface area contributed by atoms with Gasteiger partial charge in [0, 0.05) is 0 Å². The van der Waals surface area contributed by atoms with Crippen LogP contribution in [0.25, 0.3) is 0 Å². The Labute approximate surface area is 145 Å². The van der Waals surface area contributed by atoms with Crippen molar-refractivity contribution < 1.29 is 27.5 Å². The number of hydrogen-bond donors (Lipinski definition) is 0. The van der Waals surface area contributed by atoms with Crippen molar-refractivity contribution in [2.75, 3.05) is 6.26 Å². The maximum atomic E-state index is 12.2. The minimum atomic E-state index is -4.71. The Morgan fingerprint density at radius 3 is 2.44 bits per heavy atom. The van der Waals surface area contributed by atoms with Gasteiger partial charge in [0.2, 0.25) is 5.90 Å². The third-order valence-corrected chi connectivity index (χ3v) is 3.94. The number of aromatic nitrogens is 1. The van der Waals surface area contributed by atoms with Gasteiger partial charge in [0.1, 0.15) is 11.5 Å². The molecule has 1 aliphatic rings. The zero-order valence-corrected chi connectivity index (χ0v) is 13.8. The average molecular weight is 370 g/mol. The molecule has 0 saturated heterocycles. The first-order valence-corrected chi connectivity index (χ1v) is 8.42. The second-order valence-corrected chi connectivity index (χ2v) is 5.86. The van der Waals surface area contributed by atoms with E-state index in [0.29, 0.717) is 23.6 Å². The van der Waals surface area contributed by atoms with Crippen LogP contribution < -0.4 is 9.47 Å². The normalized spacial score (nSPS) is 17.0. The van der Waals surface area contributed by atoms with Gasteiger partial charge in [-0.05, 0) is 36.1 Å². The molecule has 2 aromatic rings. The second kappa shape index (κ2) is 7.22. The van der Waals surface area contributed by atoms with Gasteiger partial charge in [-0.15, -0.1) is 24.9 Å². The fourth-order valence-electron chi connectivity index (χ4n) is 2.16. The van der Waals surface area contributed by atoms with Crippen molar-refractivity contribution in [3.05, 3.63) is 48.2 Å². The summed E-state index contributed by atoms with van der Waals surface area (Å²) in [5, 5.41) is 4.73. The maximum absolute atomic E-state index is 12.2. The number of benzene rings is 1. The van der Waals surface area contributed by atoms with Crippen LogP contribution in [0.4, 0.5) is 13.2 Å². The Morgan fingerprint density at radius 1 is 1.12 bits per heavy atom. The van der Waals surface area contributed by atoms with Crippen molar-refractivity contribution in [3.63, 3.8) is 0 Å². The predicted molar refractivity (Wildman–Crippen MR) is 85.6 cm³/mol. The van der Waals surface area contributed by atoms with E-state index in [9.17, 15) is 13.2 Å². The molecular formula is C16H13F3N2O3S. The molecule has 0 saturated carbocycles.